The van der Waals surface area contributed by atoms with E-state index in [1.54, 1.807) is 12.1 Å². The molecular weight excluding hydrogens is 411 g/mol. The maximum atomic E-state index is 15.0. The van der Waals surface area contributed by atoms with Gasteiger partial charge in [0.1, 0.15) is 0 Å². The second-order valence-corrected chi connectivity index (χ2v) is 9.65. The summed E-state index contributed by atoms with van der Waals surface area (Å²) in [5, 5.41) is 18.4. The van der Waals surface area contributed by atoms with Crippen molar-refractivity contribution in [2.24, 2.45) is 5.14 Å². The van der Waals surface area contributed by atoms with Crippen molar-refractivity contribution in [3.05, 3.63) is 52.8 Å². The minimum absolute atomic E-state index is 0.0519. The fraction of sp³-hybridized carbons (Fsp3) is 0.294. The summed E-state index contributed by atoms with van der Waals surface area (Å²) in [6.07, 6.45) is 1.02. The summed E-state index contributed by atoms with van der Waals surface area (Å²) in [5.74, 6) is -2.70. The standard InChI is InChI=1S/C17H19FN2O6S2/c1-27(22,23)26-17-15(21)8-13-12(16(17)18)6-7-20-9-14(13)10-2-4-11(5-3-10)28(19,24)25/h2-5,8,14,20-21H,6-7,9H2,1H3,(H2,19,24,25). The topological polar surface area (TPSA) is 136 Å². The van der Waals surface area contributed by atoms with Gasteiger partial charge in [0, 0.05) is 12.5 Å². The Morgan fingerprint density at radius 3 is 2.43 bits per heavy atom. The first kappa shape index (κ1) is 20.5. The Balaban J connectivity index is 2.10. The number of aromatic hydroxyl groups is 1. The van der Waals surface area contributed by atoms with Gasteiger partial charge in [-0.2, -0.15) is 8.42 Å². The summed E-state index contributed by atoms with van der Waals surface area (Å²) in [5.41, 5.74) is 1.37. The van der Waals surface area contributed by atoms with E-state index < -0.39 is 43.4 Å². The highest BCUT2D eigenvalue weighted by Gasteiger charge is 2.28. The van der Waals surface area contributed by atoms with Crippen LogP contribution in [-0.4, -0.2) is 41.3 Å². The molecule has 0 spiro atoms. The molecule has 0 bridgehead atoms. The molecule has 3 rings (SSSR count). The average Bonchev–Trinajstić information content (AvgIpc) is 2.80. The van der Waals surface area contributed by atoms with Crippen LogP contribution < -0.4 is 14.6 Å². The second-order valence-electron chi connectivity index (χ2n) is 6.51. The highest BCUT2D eigenvalue weighted by Crippen LogP contribution is 2.40. The Kier molecular flexibility index (Phi) is 5.36. The van der Waals surface area contributed by atoms with Crippen molar-refractivity contribution < 1.29 is 30.5 Å². The Hall–Kier alpha value is -2.21. The third-order valence-electron chi connectivity index (χ3n) is 4.46. The van der Waals surface area contributed by atoms with Crippen LogP contribution in [0.1, 0.15) is 22.6 Å². The van der Waals surface area contributed by atoms with Gasteiger partial charge in [-0.1, -0.05) is 12.1 Å². The zero-order chi connectivity index (χ0) is 20.7. The van der Waals surface area contributed by atoms with Crippen LogP contribution in [0.4, 0.5) is 4.39 Å². The van der Waals surface area contributed by atoms with E-state index in [9.17, 15) is 26.3 Å². The van der Waals surface area contributed by atoms with E-state index in [1.165, 1.54) is 18.2 Å². The summed E-state index contributed by atoms with van der Waals surface area (Å²) >= 11 is 0. The van der Waals surface area contributed by atoms with Crippen molar-refractivity contribution in [3.8, 4) is 11.5 Å². The lowest BCUT2D eigenvalue weighted by Crippen LogP contribution is -2.21. The van der Waals surface area contributed by atoms with Crippen molar-refractivity contribution in [1.82, 2.24) is 5.32 Å². The SMILES string of the molecule is CS(=O)(=O)Oc1c(O)cc2c(c1F)CCNCC2c1ccc(S(N)(=O)=O)cc1. The van der Waals surface area contributed by atoms with Crippen molar-refractivity contribution in [3.63, 3.8) is 0 Å². The maximum Gasteiger partial charge on any atom is 0.306 e. The number of benzene rings is 2. The van der Waals surface area contributed by atoms with Crippen LogP contribution in [0, 0.1) is 5.82 Å². The van der Waals surface area contributed by atoms with Gasteiger partial charge in [-0.3, -0.25) is 0 Å². The minimum atomic E-state index is -4.03. The second kappa shape index (κ2) is 7.32. The smallest absolute Gasteiger partial charge is 0.306 e. The number of primary sulfonamides is 1. The van der Waals surface area contributed by atoms with E-state index in [0.29, 0.717) is 24.2 Å². The highest BCUT2D eigenvalue weighted by atomic mass is 32.2. The number of phenols is 1. The molecular formula is C17H19FN2O6S2. The van der Waals surface area contributed by atoms with Gasteiger partial charge < -0.3 is 14.6 Å². The molecule has 28 heavy (non-hydrogen) atoms. The lowest BCUT2D eigenvalue weighted by Gasteiger charge is -2.20. The van der Waals surface area contributed by atoms with Gasteiger partial charge in [-0.15, -0.1) is 0 Å². The lowest BCUT2D eigenvalue weighted by molar-refractivity contribution is 0.408. The Labute approximate surface area is 162 Å². The summed E-state index contributed by atoms with van der Waals surface area (Å²) in [6, 6.07) is 7.12. The van der Waals surface area contributed by atoms with Crippen LogP contribution in [0.25, 0.3) is 0 Å². The quantitative estimate of drug-likeness (QED) is 0.610. The van der Waals surface area contributed by atoms with Crippen LogP contribution in [-0.2, 0) is 26.6 Å². The van der Waals surface area contributed by atoms with Crippen LogP contribution in [0.2, 0.25) is 0 Å². The molecule has 8 nitrogen and oxygen atoms in total. The molecule has 4 N–H and O–H groups in total. The number of hydrogen-bond acceptors (Lipinski definition) is 7. The van der Waals surface area contributed by atoms with Crippen LogP contribution in [0.5, 0.6) is 11.5 Å². The molecule has 1 unspecified atom stereocenters. The zero-order valence-electron chi connectivity index (χ0n) is 14.8. The molecule has 0 fully saturated rings. The molecule has 1 aliphatic heterocycles. The van der Waals surface area contributed by atoms with E-state index in [1.807, 2.05) is 0 Å². The van der Waals surface area contributed by atoms with Crippen molar-refractivity contribution in [2.45, 2.75) is 17.2 Å². The number of nitrogens with one attached hydrogen (secondary N) is 1. The van der Waals surface area contributed by atoms with Gasteiger partial charge in [0.05, 0.1) is 11.2 Å². The Morgan fingerprint density at radius 2 is 1.86 bits per heavy atom. The number of nitrogens with two attached hydrogens (primary N) is 1. The van der Waals surface area contributed by atoms with E-state index in [-0.39, 0.29) is 16.9 Å². The zero-order valence-corrected chi connectivity index (χ0v) is 16.5. The first-order valence-corrected chi connectivity index (χ1v) is 11.6. The molecule has 152 valence electrons. The molecule has 2 aromatic rings. The van der Waals surface area contributed by atoms with Gasteiger partial charge in [0.15, 0.2) is 11.6 Å². The number of hydrogen-bond donors (Lipinski definition) is 3. The maximum absolute atomic E-state index is 15.0. The molecule has 0 saturated carbocycles. The molecule has 2 aromatic carbocycles. The summed E-state index contributed by atoms with van der Waals surface area (Å²) in [4.78, 5) is -0.0519. The van der Waals surface area contributed by atoms with Gasteiger partial charge in [-0.25, -0.2) is 17.9 Å². The minimum Gasteiger partial charge on any atom is -0.504 e. The largest absolute Gasteiger partial charge is 0.504 e. The number of fused-ring (bicyclic) bond motifs is 1. The predicted octanol–water partition coefficient (Wildman–Crippen LogP) is 0.795. The fourth-order valence-electron chi connectivity index (χ4n) is 3.23. The summed E-state index contributed by atoms with van der Waals surface area (Å²) < 4.78 is 65.2. The van der Waals surface area contributed by atoms with E-state index in [2.05, 4.69) is 9.50 Å². The molecule has 1 aliphatic rings. The molecule has 0 aliphatic carbocycles. The first-order chi connectivity index (χ1) is 13.0. The molecule has 1 atom stereocenters. The molecule has 0 radical (unpaired) electrons. The fourth-order valence-corrected chi connectivity index (χ4v) is 4.21. The van der Waals surface area contributed by atoms with Gasteiger partial charge >= 0.3 is 10.1 Å². The van der Waals surface area contributed by atoms with Crippen molar-refractivity contribution in [2.75, 3.05) is 19.3 Å². The molecule has 11 heteroatoms. The third-order valence-corrected chi connectivity index (χ3v) is 5.86. The van der Waals surface area contributed by atoms with Crippen molar-refractivity contribution in [1.29, 1.82) is 0 Å². The van der Waals surface area contributed by atoms with Gasteiger partial charge in [0.2, 0.25) is 15.8 Å². The summed E-state index contributed by atoms with van der Waals surface area (Å²) in [6.45, 7) is 0.839. The number of phenolic OH excluding ortho intramolecular Hbond substituents is 1. The van der Waals surface area contributed by atoms with E-state index >= 15 is 0 Å². The Bertz CT molecular complexity index is 1120. The predicted molar refractivity (Wildman–Crippen MR) is 99.8 cm³/mol. The van der Waals surface area contributed by atoms with Crippen LogP contribution in [0.15, 0.2) is 35.2 Å². The third kappa shape index (κ3) is 4.27. The highest BCUT2D eigenvalue weighted by molar-refractivity contribution is 7.89. The van der Waals surface area contributed by atoms with E-state index in [0.717, 1.165) is 6.26 Å². The first-order valence-electron chi connectivity index (χ1n) is 8.24. The molecule has 0 saturated heterocycles. The summed E-state index contributed by atoms with van der Waals surface area (Å²) in [7, 11) is -7.87. The van der Waals surface area contributed by atoms with E-state index in [4.69, 9.17) is 5.14 Å². The molecule has 0 amide bonds. The number of halogens is 1. The average molecular weight is 430 g/mol. The molecule has 0 aromatic heterocycles. The molecule has 1 heterocycles. The van der Waals surface area contributed by atoms with Crippen LogP contribution in [0.3, 0.4) is 0 Å². The van der Waals surface area contributed by atoms with Gasteiger partial charge in [-0.05, 0) is 47.9 Å². The monoisotopic (exact) mass is 430 g/mol. The normalized spacial score (nSPS) is 17.6. The number of sulfonamides is 1. The lowest BCUT2D eigenvalue weighted by atomic mass is 9.87. The number of rotatable bonds is 4. The Morgan fingerprint density at radius 1 is 1.21 bits per heavy atom. The van der Waals surface area contributed by atoms with Crippen molar-refractivity contribution >= 4 is 20.1 Å². The van der Waals surface area contributed by atoms with Gasteiger partial charge in [0.25, 0.3) is 0 Å². The van der Waals surface area contributed by atoms with Crippen LogP contribution >= 0.6 is 0 Å².